The van der Waals surface area contributed by atoms with Crippen LogP contribution in [0.25, 0.3) is 0 Å². The highest BCUT2D eigenvalue weighted by atomic mass is 79.9. The fraction of sp³-hybridized carbons (Fsp3) is 0.583. The second-order valence-electron chi connectivity index (χ2n) is 4.20. The average Bonchev–Trinajstić information content (AvgIpc) is 2.35. The quantitative estimate of drug-likeness (QED) is 0.845. The lowest BCUT2D eigenvalue weighted by Crippen LogP contribution is -2.45. The second-order valence-corrected chi connectivity index (χ2v) is 5.05. The van der Waals surface area contributed by atoms with Crippen LogP contribution in [0.2, 0.25) is 0 Å². The van der Waals surface area contributed by atoms with Gasteiger partial charge in [0.2, 0.25) is 0 Å². The van der Waals surface area contributed by atoms with Crippen molar-refractivity contribution in [2.45, 2.75) is 19.6 Å². The molecule has 1 aromatic heterocycles. The molecule has 1 fully saturated rings. The number of likely N-dealkylation sites (N-methyl/N-ethyl adjacent to an activating group) is 1. The minimum atomic E-state index is 0.00437. The molecule has 2 heterocycles. The molecule has 4 nitrogen and oxygen atoms in total. The summed E-state index contributed by atoms with van der Waals surface area (Å²) in [6, 6.07) is 3.63. The van der Waals surface area contributed by atoms with Crippen LogP contribution < -0.4 is 5.56 Å². The number of aromatic nitrogens is 1. The normalized spacial score (nSPS) is 21.6. The highest BCUT2D eigenvalue weighted by molar-refractivity contribution is 9.10. The van der Waals surface area contributed by atoms with Gasteiger partial charge in [-0.05, 0) is 34.6 Å². The maximum Gasteiger partial charge on any atom is 0.264 e. The number of hydrogen-bond acceptors (Lipinski definition) is 3. The minimum Gasteiger partial charge on any atom is -0.374 e. The molecule has 1 unspecified atom stereocenters. The zero-order chi connectivity index (χ0) is 12.3. The molecule has 1 aliphatic rings. The molecule has 1 saturated heterocycles. The molecule has 17 heavy (non-hydrogen) atoms. The van der Waals surface area contributed by atoms with Crippen LogP contribution in [0.1, 0.15) is 6.92 Å². The van der Waals surface area contributed by atoms with Gasteiger partial charge in [-0.2, -0.15) is 0 Å². The summed E-state index contributed by atoms with van der Waals surface area (Å²) in [5.41, 5.74) is 0.00437. The van der Waals surface area contributed by atoms with Crippen molar-refractivity contribution < 1.29 is 4.74 Å². The van der Waals surface area contributed by atoms with Crippen molar-refractivity contribution in [3.63, 3.8) is 0 Å². The molecule has 0 N–H and O–H groups in total. The molecule has 0 amide bonds. The summed E-state index contributed by atoms with van der Waals surface area (Å²) in [4.78, 5) is 14.2. The molecule has 0 spiro atoms. The van der Waals surface area contributed by atoms with Crippen LogP contribution in [0.15, 0.2) is 27.6 Å². The van der Waals surface area contributed by atoms with Gasteiger partial charge in [-0.1, -0.05) is 6.92 Å². The topological polar surface area (TPSA) is 34.5 Å². The van der Waals surface area contributed by atoms with E-state index < -0.39 is 0 Å². The van der Waals surface area contributed by atoms with Crippen molar-refractivity contribution in [2.75, 3.05) is 26.2 Å². The third kappa shape index (κ3) is 3.18. The first-order chi connectivity index (χ1) is 8.20. The van der Waals surface area contributed by atoms with Gasteiger partial charge >= 0.3 is 0 Å². The first-order valence-corrected chi connectivity index (χ1v) is 6.69. The fourth-order valence-electron chi connectivity index (χ4n) is 2.05. The summed E-state index contributed by atoms with van der Waals surface area (Å²) in [5, 5.41) is 0. The SMILES string of the molecule is CCN1CCOC(Cn2cccc(Br)c2=O)C1. The lowest BCUT2D eigenvalue weighted by Gasteiger charge is -2.32. The number of pyridine rings is 1. The van der Waals surface area contributed by atoms with Crippen molar-refractivity contribution in [1.29, 1.82) is 0 Å². The predicted octanol–water partition coefficient (Wildman–Crippen LogP) is 1.33. The molecule has 2 rings (SSSR count). The predicted molar refractivity (Wildman–Crippen MR) is 70.3 cm³/mol. The molecular weight excluding hydrogens is 284 g/mol. The van der Waals surface area contributed by atoms with Crippen molar-refractivity contribution in [3.8, 4) is 0 Å². The van der Waals surface area contributed by atoms with E-state index in [1.807, 2.05) is 6.07 Å². The molecule has 5 heteroatoms. The summed E-state index contributed by atoms with van der Waals surface area (Å²) in [6.45, 7) is 6.44. The Hall–Kier alpha value is -0.650. The van der Waals surface area contributed by atoms with Gasteiger partial charge in [-0.3, -0.25) is 9.69 Å². The molecule has 1 aliphatic heterocycles. The third-order valence-corrected chi connectivity index (χ3v) is 3.65. The molecule has 0 bridgehead atoms. The first-order valence-electron chi connectivity index (χ1n) is 5.89. The van der Waals surface area contributed by atoms with Crippen LogP contribution >= 0.6 is 15.9 Å². The van der Waals surface area contributed by atoms with Gasteiger partial charge in [0, 0.05) is 19.3 Å². The largest absolute Gasteiger partial charge is 0.374 e. The molecule has 1 aromatic rings. The summed E-state index contributed by atoms with van der Waals surface area (Å²) in [7, 11) is 0. The van der Waals surface area contributed by atoms with E-state index in [2.05, 4.69) is 27.8 Å². The van der Waals surface area contributed by atoms with E-state index in [1.165, 1.54) is 0 Å². The number of halogens is 1. The maximum absolute atomic E-state index is 11.8. The zero-order valence-corrected chi connectivity index (χ0v) is 11.5. The van der Waals surface area contributed by atoms with Crippen molar-refractivity contribution in [2.24, 2.45) is 0 Å². The van der Waals surface area contributed by atoms with E-state index >= 15 is 0 Å². The second kappa shape index (κ2) is 5.80. The van der Waals surface area contributed by atoms with Crippen molar-refractivity contribution >= 4 is 15.9 Å². The molecule has 0 saturated carbocycles. The van der Waals surface area contributed by atoms with Gasteiger partial charge in [-0.15, -0.1) is 0 Å². The Labute approximate surface area is 109 Å². The van der Waals surface area contributed by atoms with E-state index in [0.717, 1.165) is 26.2 Å². The Bertz CT molecular complexity index is 433. The summed E-state index contributed by atoms with van der Waals surface area (Å²) in [6.07, 6.45) is 1.91. The van der Waals surface area contributed by atoms with Crippen LogP contribution in [-0.4, -0.2) is 41.8 Å². The Kier molecular flexibility index (Phi) is 4.36. The molecule has 94 valence electrons. The number of ether oxygens (including phenoxy) is 1. The van der Waals surface area contributed by atoms with E-state index in [1.54, 1.807) is 16.8 Å². The fourth-order valence-corrected chi connectivity index (χ4v) is 2.43. The smallest absolute Gasteiger partial charge is 0.264 e. The number of nitrogens with zero attached hydrogens (tertiary/aromatic N) is 2. The zero-order valence-electron chi connectivity index (χ0n) is 9.93. The maximum atomic E-state index is 11.8. The Morgan fingerprint density at radius 3 is 3.18 bits per heavy atom. The van der Waals surface area contributed by atoms with Crippen LogP contribution in [-0.2, 0) is 11.3 Å². The summed E-state index contributed by atoms with van der Waals surface area (Å²) >= 11 is 3.25. The average molecular weight is 301 g/mol. The highest BCUT2D eigenvalue weighted by Gasteiger charge is 2.19. The summed E-state index contributed by atoms with van der Waals surface area (Å²) < 4.78 is 7.99. The van der Waals surface area contributed by atoms with Crippen LogP contribution in [0.3, 0.4) is 0 Å². The lowest BCUT2D eigenvalue weighted by molar-refractivity contribution is -0.0347. The Morgan fingerprint density at radius 2 is 2.41 bits per heavy atom. The van der Waals surface area contributed by atoms with Gasteiger partial charge in [0.15, 0.2) is 0 Å². The Morgan fingerprint density at radius 1 is 1.59 bits per heavy atom. The van der Waals surface area contributed by atoms with Crippen LogP contribution in [0.5, 0.6) is 0 Å². The highest BCUT2D eigenvalue weighted by Crippen LogP contribution is 2.07. The molecular formula is C12H17BrN2O2. The lowest BCUT2D eigenvalue weighted by atomic mass is 10.2. The molecule has 0 aromatic carbocycles. The van der Waals surface area contributed by atoms with Crippen LogP contribution in [0, 0.1) is 0 Å². The molecule has 0 aliphatic carbocycles. The van der Waals surface area contributed by atoms with Crippen molar-refractivity contribution in [3.05, 3.63) is 33.2 Å². The van der Waals surface area contributed by atoms with Gasteiger partial charge in [-0.25, -0.2) is 0 Å². The van der Waals surface area contributed by atoms with Gasteiger partial charge in [0.1, 0.15) is 0 Å². The summed E-state index contributed by atoms with van der Waals surface area (Å²) in [5.74, 6) is 0. The van der Waals surface area contributed by atoms with E-state index in [0.29, 0.717) is 11.0 Å². The van der Waals surface area contributed by atoms with E-state index in [-0.39, 0.29) is 11.7 Å². The monoisotopic (exact) mass is 300 g/mol. The first kappa shape index (κ1) is 12.8. The van der Waals surface area contributed by atoms with E-state index in [9.17, 15) is 4.79 Å². The number of hydrogen-bond donors (Lipinski definition) is 0. The number of rotatable bonds is 3. The third-order valence-electron chi connectivity index (χ3n) is 3.04. The Balaban J connectivity index is 2.05. The number of morpholine rings is 1. The molecule has 0 radical (unpaired) electrons. The minimum absolute atomic E-state index is 0.00437. The van der Waals surface area contributed by atoms with Crippen LogP contribution in [0.4, 0.5) is 0 Å². The van der Waals surface area contributed by atoms with Gasteiger partial charge in [0.25, 0.3) is 5.56 Å². The van der Waals surface area contributed by atoms with Gasteiger partial charge < -0.3 is 9.30 Å². The van der Waals surface area contributed by atoms with E-state index in [4.69, 9.17) is 4.74 Å². The van der Waals surface area contributed by atoms with Gasteiger partial charge in [0.05, 0.1) is 23.7 Å². The molecule has 1 atom stereocenters. The standard InChI is InChI=1S/C12H17BrN2O2/c1-2-14-6-7-17-10(8-14)9-15-5-3-4-11(13)12(15)16/h3-5,10H,2,6-9H2,1H3. The van der Waals surface area contributed by atoms with Crippen molar-refractivity contribution in [1.82, 2.24) is 9.47 Å².